The number of nitrogens with zero attached hydrogens (tertiary/aromatic N) is 3. The minimum atomic E-state index is -0.0506. The Balaban J connectivity index is 1.60. The summed E-state index contributed by atoms with van der Waals surface area (Å²) in [6, 6.07) is 15.1. The minimum absolute atomic E-state index is 0.0212. The highest BCUT2D eigenvalue weighted by molar-refractivity contribution is 7.99. The van der Waals surface area contributed by atoms with Gasteiger partial charge in [0.2, 0.25) is 0 Å². The SMILES string of the molecule is CCOc1ccc([C@H]2CC(=O)n3nc(-c4ccc(Cl)cc4)nc3S2)cc1. The van der Waals surface area contributed by atoms with Crippen LogP contribution in [-0.2, 0) is 0 Å². The third-order valence-electron chi connectivity index (χ3n) is 4.09. The van der Waals surface area contributed by atoms with Crippen LogP contribution >= 0.6 is 23.4 Å². The number of aromatic nitrogens is 3. The van der Waals surface area contributed by atoms with Crippen molar-refractivity contribution < 1.29 is 9.53 Å². The van der Waals surface area contributed by atoms with Crippen molar-refractivity contribution in [3.8, 4) is 17.1 Å². The van der Waals surface area contributed by atoms with Gasteiger partial charge in [-0.05, 0) is 48.9 Å². The molecule has 7 heteroatoms. The predicted octanol–water partition coefficient (Wildman–Crippen LogP) is 4.87. The van der Waals surface area contributed by atoms with Crippen LogP contribution in [0.3, 0.4) is 0 Å². The fourth-order valence-electron chi connectivity index (χ4n) is 2.80. The predicted molar refractivity (Wildman–Crippen MR) is 102 cm³/mol. The van der Waals surface area contributed by atoms with E-state index in [1.807, 2.05) is 43.3 Å². The molecule has 3 aromatic rings. The lowest BCUT2D eigenvalue weighted by Crippen LogP contribution is -2.20. The summed E-state index contributed by atoms with van der Waals surface area (Å²) in [4.78, 5) is 17.1. The molecule has 0 unspecified atom stereocenters. The molecule has 1 aromatic heterocycles. The second kappa shape index (κ2) is 7.13. The first-order valence-corrected chi connectivity index (χ1v) is 9.55. The van der Waals surface area contributed by atoms with Crippen molar-refractivity contribution in [2.75, 3.05) is 6.61 Å². The van der Waals surface area contributed by atoms with E-state index >= 15 is 0 Å². The first-order valence-electron chi connectivity index (χ1n) is 8.29. The number of hydrogen-bond donors (Lipinski definition) is 0. The maximum Gasteiger partial charge on any atom is 0.250 e. The minimum Gasteiger partial charge on any atom is -0.494 e. The molecule has 0 N–H and O–H groups in total. The van der Waals surface area contributed by atoms with Crippen LogP contribution < -0.4 is 4.74 Å². The van der Waals surface area contributed by atoms with E-state index in [1.54, 1.807) is 23.9 Å². The molecule has 0 spiro atoms. The highest BCUT2D eigenvalue weighted by atomic mass is 35.5. The third kappa shape index (κ3) is 3.34. The normalized spacial score (nSPS) is 16.4. The van der Waals surface area contributed by atoms with Gasteiger partial charge >= 0.3 is 0 Å². The van der Waals surface area contributed by atoms with Crippen LogP contribution in [0.15, 0.2) is 53.7 Å². The first kappa shape index (κ1) is 17.1. The standard InChI is InChI=1S/C19H16ClN3O2S/c1-2-25-15-9-5-12(6-10-15)16-11-17(24)23-19(26-16)21-18(22-23)13-3-7-14(20)8-4-13/h3-10,16H,2,11H2,1H3/t16-/m1/s1. The maximum absolute atomic E-state index is 12.5. The zero-order valence-corrected chi connectivity index (χ0v) is 15.6. The molecular formula is C19H16ClN3O2S. The Morgan fingerprint density at radius 2 is 1.92 bits per heavy atom. The molecule has 26 heavy (non-hydrogen) atoms. The lowest BCUT2D eigenvalue weighted by Gasteiger charge is -2.20. The van der Waals surface area contributed by atoms with Crippen LogP contribution in [0.4, 0.5) is 0 Å². The van der Waals surface area contributed by atoms with Crippen LogP contribution in [0.5, 0.6) is 5.75 Å². The molecule has 0 radical (unpaired) electrons. The Kier molecular flexibility index (Phi) is 4.70. The van der Waals surface area contributed by atoms with E-state index in [-0.39, 0.29) is 11.2 Å². The summed E-state index contributed by atoms with van der Waals surface area (Å²) in [6.07, 6.45) is 0.384. The average molecular weight is 386 g/mol. The summed E-state index contributed by atoms with van der Waals surface area (Å²) >= 11 is 7.48. The fraction of sp³-hybridized carbons (Fsp3) is 0.211. The van der Waals surface area contributed by atoms with Gasteiger partial charge in [0.25, 0.3) is 5.91 Å². The second-order valence-electron chi connectivity index (χ2n) is 5.84. The van der Waals surface area contributed by atoms with Gasteiger partial charge in [-0.25, -0.2) is 4.98 Å². The van der Waals surface area contributed by atoms with Crippen LogP contribution in [0.25, 0.3) is 11.4 Å². The van der Waals surface area contributed by atoms with Crippen LogP contribution in [0.1, 0.15) is 29.0 Å². The van der Waals surface area contributed by atoms with Crippen LogP contribution in [0, 0.1) is 0 Å². The van der Waals surface area contributed by atoms with Gasteiger partial charge in [-0.3, -0.25) is 4.79 Å². The molecule has 2 heterocycles. The lowest BCUT2D eigenvalue weighted by molar-refractivity contribution is 0.0868. The van der Waals surface area contributed by atoms with Crippen molar-refractivity contribution in [2.45, 2.75) is 23.8 Å². The quantitative estimate of drug-likeness (QED) is 0.641. The molecule has 0 saturated carbocycles. The summed E-state index contributed by atoms with van der Waals surface area (Å²) in [6.45, 7) is 2.58. The van der Waals surface area contributed by atoms with Gasteiger partial charge in [-0.15, -0.1) is 5.10 Å². The summed E-state index contributed by atoms with van der Waals surface area (Å²) in [7, 11) is 0. The Morgan fingerprint density at radius 1 is 1.19 bits per heavy atom. The lowest BCUT2D eigenvalue weighted by atomic mass is 10.1. The number of rotatable bonds is 4. The zero-order chi connectivity index (χ0) is 18.1. The molecule has 5 nitrogen and oxygen atoms in total. The monoisotopic (exact) mass is 385 g/mol. The summed E-state index contributed by atoms with van der Waals surface area (Å²) in [5.41, 5.74) is 1.91. The zero-order valence-electron chi connectivity index (χ0n) is 14.1. The molecule has 0 saturated heterocycles. The van der Waals surface area contributed by atoms with Gasteiger partial charge < -0.3 is 4.74 Å². The van der Waals surface area contributed by atoms with Gasteiger partial charge in [0, 0.05) is 22.3 Å². The second-order valence-corrected chi connectivity index (χ2v) is 7.45. The van der Waals surface area contributed by atoms with E-state index in [0.717, 1.165) is 16.9 Å². The average Bonchev–Trinajstić information content (AvgIpc) is 3.08. The van der Waals surface area contributed by atoms with Crippen molar-refractivity contribution in [2.24, 2.45) is 0 Å². The molecule has 132 valence electrons. The molecule has 1 atom stereocenters. The topological polar surface area (TPSA) is 57.0 Å². The number of thioether (sulfide) groups is 1. The summed E-state index contributed by atoms with van der Waals surface area (Å²) in [5, 5.41) is 5.66. The number of hydrogen-bond acceptors (Lipinski definition) is 5. The summed E-state index contributed by atoms with van der Waals surface area (Å²) in [5.74, 6) is 1.31. The van der Waals surface area contributed by atoms with Crippen molar-refractivity contribution >= 4 is 29.3 Å². The molecule has 0 fully saturated rings. The molecule has 0 aliphatic carbocycles. The van der Waals surface area contributed by atoms with Crippen LogP contribution in [-0.4, -0.2) is 27.3 Å². The highest BCUT2D eigenvalue weighted by Crippen LogP contribution is 2.41. The van der Waals surface area contributed by atoms with Gasteiger partial charge in [0.05, 0.1) is 6.61 Å². The summed E-state index contributed by atoms with van der Waals surface area (Å²) < 4.78 is 6.88. The Bertz CT molecular complexity index is 938. The molecule has 1 aliphatic heterocycles. The molecule has 4 rings (SSSR count). The van der Waals surface area contributed by atoms with E-state index in [2.05, 4.69) is 10.1 Å². The highest BCUT2D eigenvalue weighted by Gasteiger charge is 2.30. The van der Waals surface area contributed by atoms with E-state index < -0.39 is 0 Å². The van der Waals surface area contributed by atoms with E-state index in [4.69, 9.17) is 16.3 Å². The van der Waals surface area contributed by atoms with Crippen LogP contribution in [0.2, 0.25) is 5.02 Å². The number of benzene rings is 2. The van der Waals surface area contributed by atoms with Crippen molar-refractivity contribution in [3.63, 3.8) is 0 Å². The third-order valence-corrected chi connectivity index (χ3v) is 5.54. The molecule has 0 bridgehead atoms. The Morgan fingerprint density at radius 3 is 2.62 bits per heavy atom. The smallest absolute Gasteiger partial charge is 0.250 e. The molecule has 2 aromatic carbocycles. The molecule has 0 amide bonds. The van der Waals surface area contributed by atoms with Gasteiger partial charge in [0.1, 0.15) is 5.75 Å². The number of ether oxygens (including phenoxy) is 1. The van der Waals surface area contributed by atoms with Gasteiger partial charge in [-0.1, -0.05) is 35.5 Å². The first-order chi connectivity index (χ1) is 12.6. The van der Waals surface area contributed by atoms with Crippen molar-refractivity contribution in [1.82, 2.24) is 14.8 Å². The maximum atomic E-state index is 12.5. The number of halogens is 1. The van der Waals surface area contributed by atoms with Gasteiger partial charge in [-0.2, -0.15) is 4.68 Å². The van der Waals surface area contributed by atoms with E-state index in [9.17, 15) is 4.79 Å². The van der Waals surface area contributed by atoms with E-state index in [0.29, 0.717) is 29.0 Å². The van der Waals surface area contributed by atoms with Crippen molar-refractivity contribution in [3.05, 3.63) is 59.1 Å². The Labute approximate surface area is 160 Å². The van der Waals surface area contributed by atoms with Crippen molar-refractivity contribution in [1.29, 1.82) is 0 Å². The number of fused-ring (bicyclic) bond motifs is 1. The molecule has 1 aliphatic rings. The fourth-order valence-corrected chi connectivity index (χ4v) is 4.08. The Hall–Kier alpha value is -2.31. The largest absolute Gasteiger partial charge is 0.494 e. The molecular weight excluding hydrogens is 370 g/mol. The van der Waals surface area contributed by atoms with E-state index in [1.165, 1.54) is 4.68 Å². The number of carbonyl (C=O) groups is 1. The van der Waals surface area contributed by atoms with Gasteiger partial charge in [0.15, 0.2) is 11.0 Å². The number of carbonyl (C=O) groups excluding carboxylic acids is 1.